The summed E-state index contributed by atoms with van der Waals surface area (Å²) in [6.07, 6.45) is 0. The van der Waals surface area contributed by atoms with Crippen molar-refractivity contribution in [3.8, 4) is 17.2 Å². The van der Waals surface area contributed by atoms with Gasteiger partial charge in [-0.1, -0.05) is 65.7 Å². The molecule has 9 heteroatoms. The highest BCUT2D eigenvalue weighted by molar-refractivity contribution is 6.39. The molecule has 0 aromatic heterocycles. The molecule has 0 heterocycles. The number of anilines is 1. The average molecular weight is 539 g/mol. The summed E-state index contributed by atoms with van der Waals surface area (Å²) in [5, 5.41) is 18.7. The van der Waals surface area contributed by atoms with Crippen LogP contribution in [-0.2, 0) is 27.4 Å². The van der Waals surface area contributed by atoms with Crippen LogP contribution in [0.3, 0.4) is 0 Å². The van der Waals surface area contributed by atoms with E-state index in [9.17, 15) is 14.7 Å². The summed E-state index contributed by atoms with van der Waals surface area (Å²) in [6.45, 7) is 2.68. The van der Waals surface area contributed by atoms with E-state index in [0.29, 0.717) is 24.4 Å². The molecule has 0 unspecified atom stereocenters. The Morgan fingerprint density at radius 2 is 1.59 bits per heavy atom. The molecule has 190 valence electrons. The van der Waals surface area contributed by atoms with E-state index < -0.39 is 11.9 Å². The summed E-state index contributed by atoms with van der Waals surface area (Å²) < 4.78 is 10.6. The minimum absolute atomic E-state index is 0.0772. The first-order valence-electron chi connectivity index (χ1n) is 11.5. The van der Waals surface area contributed by atoms with Crippen molar-refractivity contribution in [2.45, 2.75) is 20.0 Å². The van der Waals surface area contributed by atoms with Crippen molar-refractivity contribution in [3.63, 3.8) is 0 Å². The van der Waals surface area contributed by atoms with Gasteiger partial charge in [0.15, 0.2) is 5.75 Å². The fraction of sp³-hybridized carbons (Fsp3) is 0.143. The third-order valence-electron chi connectivity index (χ3n) is 5.50. The molecule has 37 heavy (non-hydrogen) atoms. The molecule has 0 aliphatic rings. The van der Waals surface area contributed by atoms with Gasteiger partial charge >= 0.3 is 11.9 Å². The number of amides is 1. The molecular formula is C28H24Cl2N2O5. The Kier molecular flexibility index (Phi) is 8.50. The van der Waals surface area contributed by atoms with Crippen molar-refractivity contribution in [3.05, 3.63) is 94.0 Å². The zero-order chi connectivity index (χ0) is 26.4. The van der Waals surface area contributed by atoms with Crippen LogP contribution in [0.4, 0.5) is 5.69 Å². The van der Waals surface area contributed by atoms with E-state index in [0.717, 1.165) is 5.56 Å². The number of phenols is 1. The fourth-order valence-electron chi connectivity index (χ4n) is 3.77. The van der Waals surface area contributed by atoms with Crippen molar-refractivity contribution >= 4 is 51.5 Å². The van der Waals surface area contributed by atoms with E-state index in [-0.39, 0.29) is 33.8 Å². The highest BCUT2D eigenvalue weighted by atomic mass is 35.5. The van der Waals surface area contributed by atoms with Crippen molar-refractivity contribution in [2.24, 2.45) is 0 Å². The van der Waals surface area contributed by atoms with Gasteiger partial charge in [0.1, 0.15) is 11.5 Å². The topological polar surface area (TPSA) is 96.9 Å². The number of carbonyl (C=O) groups excluding carboxylic acids is 2. The lowest BCUT2D eigenvalue weighted by Gasteiger charge is -2.14. The Labute approximate surface area is 223 Å². The lowest BCUT2D eigenvalue weighted by Crippen LogP contribution is -2.24. The van der Waals surface area contributed by atoms with E-state index in [4.69, 9.17) is 27.9 Å². The SMILES string of the molecule is CCOC(=O)C(=O)Nc1cc(Cl)c(Oc2ccc(O)c(CNCc3cccc4ccccc34)c2)c(Cl)c1. The summed E-state index contributed by atoms with van der Waals surface area (Å²) in [5.41, 5.74) is 1.99. The van der Waals surface area contributed by atoms with Gasteiger partial charge in [0.05, 0.1) is 16.7 Å². The number of nitrogens with one attached hydrogen (secondary N) is 2. The summed E-state index contributed by atoms with van der Waals surface area (Å²) in [6, 6.07) is 22.0. The van der Waals surface area contributed by atoms with Gasteiger partial charge < -0.3 is 25.2 Å². The van der Waals surface area contributed by atoms with Crippen molar-refractivity contribution in [1.82, 2.24) is 5.32 Å². The maximum atomic E-state index is 11.9. The second-order valence-electron chi connectivity index (χ2n) is 8.08. The van der Waals surface area contributed by atoms with Gasteiger partial charge in [0, 0.05) is 24.3 Å². The summed E-state index contributed by atoms with van der Waals surface area (Å²) in [5.74, 6) is -1.26. The second kappa shape index (κ2) is 12.0. The number of halogens is 2. The Morgan fingerprint density at radius 1 is 0.892 bits per heavy atom. The number of fused-ring (bicyclic) bond motifs is 1. The standard InChI is InChI=1S/C28H24Cl2N2O5/c1-2-36-28(35)27(34)32-20-13-23(29)26(24(30)14-20)37-21-10-11-25(33)19(12-21)16-31-15-18-8-5-7-17-6-3-4-9-22(17)18/h3-14,31,33H,2,15-16H2,1H3,(H,32,34). The maximum Gasteiger partial charge on any atom is 0.397 e. The van der Waals surface area contributed by atoms with E-state index >= 15 is 0 Å². The van der Waals surface area contributed by atoms with E-state index in [1.54, 1.807) is 19.1 Å². The predicted molar refractivity (Wildman–Crippen MR) is 144 cm³/mol. The van der Waals surface area contributed by atoms with Crippen molar-refractivity contribution < 1.29 is 24.2 Å². The van der Waals surface area contributed by atoms with E-state index in [1.807, 2.05) is 18.2 Å². The molecule has 0 radical (unpaired) electrons. The van der Waals surface area contributed by atoms with Crippen LogP contribution in [0.1, 0.15) is 18.1 Å². The number of benzene rings is 4. The summed E-state index contributed by atoms with van der Waals surface area (Å²) >= 11 is 12.7. The normalized spacial score (nSPS) is 10.8. The zero-order valence-electron chi connectivity index (χ0n) is 19.9. The third-order valence-corrected chi connectivity index (χ3v) is 6.06. The predicted octanol–water partition coefficient (Wildman–Crippen LogP) is 6.44. The number of phenolic OH excluding ortho intramolecular Hbond substituents is 1. The minimum Gasteiger partial charge on any atom is -0.508 e. The van der Waals surface area contributed by atoms with Gasteiger partial charge in [-0.2, -0.15) is 0 Å². The zero-order valence-corrected chi connectivity index (χ0v) is 21.4. The first-order valence-corrected chi connectivity index (χ1v) is 12.3. The number of aromatic hydroxyl groups is 1. The number of hydrogen-bond donors (Lipinski definition) is 3. The van der Waals surface area contributed by atoms with Crippen LogP contribution in [-0.4, -0.2) is 23.6 Å². The summed E-state index contributed by atoms with van der Waals surface area (Å²) in [4.78, 5) is 23.4. The van der Waals surface area contributed by atoms with Gasteiger partial charge in [0.2, 0.25) is 0 Å². The molecule has 0 saturated carbocycles. The van der Waals surface area contributed by atoms with Gasteiger partial charge in [-0.3, -0.25) is 4.79 Å². The molecule has 1 amide bonds. The number of carbonyl (C=O) groups is 2. The highest BCUT2D eigenvalue weighted by Gasteiger charge is 2.18. The smallest absolute Gasteiger partial charge is 0.397 e. The van der Waals surface area contributed by atoms with Gasteiger partial charge in [-0.15, -0.1) is 0 Å². The summed E-state index contributed by atoms with van der Waals surface area (Å²) in [7, 11) is 0. The number of hydrogen-bond acceptors (Lipinski definition) is 6. The van der Waals surface area contributed by atoms with Crippen LogP contribution in [0.2, 0.25) is 10.0 Å². The van der Waals surface area contributed by atoms with Crippen LogP contribution in [0.25, 0.3) is 10.8 Å². The van der Waals surface area contributed by atoms with Crippen LogP contribution in [0.15, 0.2) is 72.8 Å². The molecule has 4 rings (SSSR count). The van der Waals surface area contributed by atoms with Crippen molar-refractivity contribution in [2.75, 3.05) is 11.9 Å². The van der Waals surface area contributed by atoms with Gasteiger partial charge in [-0.25, -0.2) is 4.79 Å². The molecule has 0 saturated heterocycles. The number of ether oxygens (including phenoxy) is 2. The fourth-order valence-corrected chi connectivity index (χ4v) is 4.34. The van der Waals surface area contributed by atoms with Gasteiger partial charge in [0.25, 0.3) is 0 Å². The van der Waals surface area contributed by atoms with Crippen LogP contribution < -0.4 is 15.4 Å². The number of rotatable bonds is 8. The Morgan fingerprint density at radius 3 is 2.35 bits per heavy atom. The minimum atomic E-state index is -1.01. The molecule has 0 fully saturated rings. The molecule has 3 N–H and O–H groups in total. The van der Waals surface area contributed by atoms with Crippen LogP contribution in [0, 0.1) is 0 Å². The largest absolute Gasteiger partial charge is 0.508 e. The highest BCUT2D eigenvalue weighted by Crippen LogP contribution is 2.39. The Balaban J connectivity index is 1.44. The second-order valence-corrected chi connectivity index (χ2v) is 8.89. The molecule has 0 aliphatic carbocycles. The maximum absolute atomic E-state index is 11.9. The van der Waals surface area contributed by atoms with Crippen LogP contribution in [0.5, 0.6) is 17.2 Å². The molecule has 0 bridgehead atoms. The average Bonchev–Trinajstić information content (AvgIpc) is 2.88. The Bertz CT molecular complexity index is 1430. The van der Waals surface area contributed by atoms with Crippen LogP contribution >= 0.6 is 23.2 Å². The van der Waals surface area contributed by atoms with E-state index in [2.05, 4.69) is 39.6 Å². The molecular weight excluding hydrogens is 515 g/mol. The first kappa shape index (κ1) is 26.3. The lowest BCUT2D eigenvalue weighted by molar-refractivity contribution is -0.152. The number of esters is 1. The Hall–Kier alpha value is -3.78. The molecule has 0 atom stereocenters. The third kappa shape index (κ3) is 6.51. The van der Waals surface area contributed by atoms with E-state index in [1.165, 1.54) is 29.0 Å². The molecule has 4 aromatic carbocycles. The van der Waals surface area contributed by atoms with Gasteiger partial charge in [-0.05, 0) is 53.6 Å². The van der Waals surface area contributed by atoms with Crippen molar-refractivity contribution in [1.29, 1.82) is 0 Å². The quantitative estimate of drug-likeness (QED) is 0.176. The molecule has 0 aliphatic heterocycles. The molecule has 4 aromatic rings. The lowest BCUT2D eigenvalue weighted by atomic mass is 10.0. The first-order chi connectivity index (χ1) is 17.9. The molecule has 0 spiro atoms. The monoisotopic (exact) mass is 538 g/mol. The molecule has 7 nitrogen and oxygen atoms in total.